The van der Waals surface area contributed by atoms with E-state index in [1.165, 1.54) is 0 Å². The molecule has 5 heteroatoms. The van der Waals surface area contributed by atoms with E-state index < -0.39 is 0 Å². The van der Waals surface area contributed by atoms with Gasteiger partial charge in [0.25, 0.3) is 0 Å². The van der Waals surface area contributed by atoms with E-state index in [1.807, 2.05) is 66.7 Å². The average Bonchev–Trinajstić information content (AvgIpc) is 2.68. The molecular weight excluding hydrogens is 439 g/mol. The van der Waals surface area contributed by atoms with Gasteiger partial charge in [0.15, 0.2) is 11.5 Å². The number of ether oxygens (including phenoxy) is 2. The van der Waals surface area contributed by atoms with E-state index in [-0.39, 0.29) is 0 Å². The average molecular weight is 460 g/mol. The molecule has 26 heavy (non-hydrogen) atoms. The molecule has 0 bridgehead atoms. The Bertz CT molecular complexity index is 826. The maximum atomic E-state index is 6.01. The summed E-state index contributed by atoms with van der Waals surface area (Å²) in [6, 6.07) is 24.2. The maximum absolute atomic E-state index is 6.01. The van der Waals surface area contributed by atoms with Gasteiger partial charge in [-0.15, -0.1) is 0 Å². The van der Waals surface area contributed by atoms with Crippen LogP contribution >= 0.6 is 22.6 Å². The first-order valence-corrected chi connectivity index (χ1v) is 9.41. The number of benzene rings is 3. The largest absolute Gasteiger partial charge is 0.493 e. The van der Waals surface area contributed by atoms with Gasteiger partial charge in [-0.1, -0.05) is 48.5 Å². The Kier molecular flexibility index (Phi) is 6.74. The molecular formula is C21H21IN2O2. The van der Waals surface area contributed by atoms with E-state index in [4.69, 9.17) is 9.47 Å². The summed E-state index contributed by atoms with van der Waals surface area (Å²) in [6.45, 7) is 1.18. The third kappa shape index (κ3) is 5.12. The predicted molar refractivity (Wildman–Crippen MR) is 113 cm³/mol. The van der Waals surface area contributed by atoms with Gasteiger partial charge in [0.05, 0.1) is 10.7 Å². The second kappa shape index (κ2) is 9.45. The van der Waals surface area contributed by atoms with Crippen molar-refractivity contribution in [3.63, 3.8) is 0 Å². The number of anilines is 1. The normalized spacial score (nSPS) is 10.4. The van der Waals surface area contributed by atoms with E-state index >= 15 is 0 Å². The fraction of sp³-hybridized carbons (Fsp3) is 0.143. The van der Waals surface area contributed by atoms with Crippen molar-refractivity contribution in [2.45, 2.75) is 13.2 Å². The van der Waals surface area contributed by atoms with Gasteiger partial charge in [0.1, 0.15) is 6.61 Å². The number of hydrogen-bond donors (Lipinski definition) is 2. The third-order valence-electron chi connectivity index (χ3n) is 3.81. The number of halogens is 1. The van der Waals surface area contributed by atoms with Crippen molar-refractivity contribution in [1.29, 1.82) is 0 Å². The molecule has 0 radical (unpaired) electrons. The molecule has 0 amide bonds. The van der Waals surface area contributed by atoms with Crippen LogP contribution in [0.1, 0.15) is 11.1 Å². The Morgan fingerprint density at radius 3 is 2.27 bits per heavy atom. The summed E-state index contributed by atoms with van der Waals surface area (Å²) >= 11 is 2.29. The minimum absolute atomic E-state index is 0.514. The molecule has 2 N–H and O–H groups in total. The van der Waals surface area contributed by atoms with Crippen LogP contribution in [0.3, 0.4) is 0 Å². The van der Waals surface area contributed by atoms with Crippen molar-refractivity contribution in [3.8, 4) is 11.5 Å². The standard InChI is InChI=1S/C21H21IN2O2/c1-25-20-13-17(14-23-24-18-10-6-3-7-11-18)12-19(22)21(20)26-15-16-8-4-2-5-9-16/h2-13,23-24H,14-15H2,1H3. The summed E-state index contributed by atoms with van der Waals surface area (Å²) in [6.07, 6.45) is 0. The maximum Gasteiger partial charge on any atom is 0.174 e. The second-order valence-corrected chi connectivity index (χ2v) is 6.89. The van der Waals surface area contributed by atoms with Crippen LogP contribution in [0.15, 0.2) is 72.8 Å². The fourth-order valence-corrected chi connectivity index (χ4v) is 3.34. The lowest BCUT2D eigenvalue weighted by molar-refractivity contribution is 0.282. The number of rotatable bonds is 8. The third-order valence-corrected chi connectivity index (χ3v) is 4.62. The molecule has 0 unspecified atom stereocenters. The summed E-state index contributed by atoms with van der Waals surface area (Å²) in [5, 5.41) is 0. The van der Waals surface area contributed by atoms with Crippen molar-refractivity contribution >= 4 is 28.3 Å². The first kappa shape index (κ1) is 18.5. The topological polar surface area (TPSA) is 42.5 Å². The zero-order valence-electron chi connectivity index (χ0n) is 14.5. The SMILES string of the molecule is COc1cc(CNNc2ccccc2)cc(I)c1OCc1ccccc1. The molecule has 0 saturated carbocycles. The molecule has 134 valence electrons. The summed E-state index contributed by atoms with van der Waals surface area (Å²) in [5.74, 6) is 1.51. The number of hydrazine groups is 1. The van der Waals surface area contributed by atoms with Crippen LogP contribution in [0.25, 0.3) is 0 Å². The molecule has 0 aliphatic carbocycles. The molecule has 0 atom stereocenters. The summed E-state index contributed by atoms with van der Waals surface area (Å²) in [7, 11) is 1.67. The highest BCUT2D eigenvalue weighted by molar-refractivity contribution is 14.1. The highest BCUT2D eigenvalue weighted by Gasteiger charge is 2.12. The zero-order chi connectivity index (χ0) is 18.2. The monoisotopic (exact) mass is 460 g/mol. The minimum atomic E-state index is 0.514. The Labute approximate surface area is 167 Å². The fourth-order valence-electron chi connectivity index (χ4n) is 2.51. The van der Waals surface area contributed by atoms with E-state index in [1.54, 1.807) is 7.11 Å². The molecule has 0 aliphatic heterocycles. The van der Waals surface area contributed by atoms with Crippen molar-refractivity contribution in [2.75, 3.05) is 12.5 Å². The van der Waals surface area contributed by atoms with Crippen LogP contribution in [0.4, 0.5) is 5.69 Å². The van der Waals surface area contributed by atoms with Gasteiger partial charge in [0.2, 0.25) is 0 Å². The van der Waals surface area contributed by atoms with Crippen molar-refractivity contribution < 1.29 is 9.47 Å². The highest BCUT2D eigenvalue weighted by atomic mass is 127. The van der Waals surface area contributed by atoms with Gasteiger partial charge >= 0.3 is 0 Å². The molecule has 3 aromatic rings. The molecule has 4 nitrogen and oxygen atoms in total. The van der Waals surface area contributed by atoms with Gasteiger partial charge in [-0.2, -0.15) is 0 Å². The number of nitrogens with one attached hydrogen (secondary N) is 2. The lowest BCUT2D eigenvalue weighted by Crippen LogP contribution is -2.20. The first-order valence-electron chi connectivity index (χ1n) is 8.33. The van der Waals surface area contributed by atoms with E-state index in [0.717, 1.165) is 31.9 Å². The second-order valence-electron chi connectivity index (χ2n) is 5.73. The number of para-hydroxylation sites is 1. The Morgan fingerprint density at radius 1 is 0.885 bits per heavy atom. The van der Waals surface area contributed by atoms with Crippen LogP contribution in [0, 0.1) is 3.57 Å². The van der Waals surface area contributed by atoms with E-state index in [2.05, 4.69) is 39.5 Å². The van der Waals surface area contributed by atoms with Crippen LogP contribution in [0.5, 0.6) is 11.5 Å². The van der Waals surface area contributed by atoms with E-state index in [0.29, 0.717) is 13.2 Å². The van der Waals surface area contributed by atoms with Gasteiger partial charge < -0.3 is 14.9 Å². The van der Waals surface area contributed by atoms with Crippen LogP contribution < -0.4 is 20.3 Å². The van der Waals surface area contributed by atoms with Crippen molar-refractivity contribution in [2.24, 2.45) is 0 Å². The van der Waals surface area contributed by atoms with Crippen LogP contribution in [0.2, 0.25) is 0 Å². The van der Waals surface area contributed by atoms with E-state index in [9.17, 15) is 0 Å². The Balaban J connectivity index is 1.64. The molecule has 0 fully saturated rings. The lowest BCUT2D eigenvalue weighted by Gasteiger charge is -2.15. The predicted octanol–water partition coefficient (Wildman–Crippen LogP) is 5.00. The quantitative estimate of drug-likeness (QED) is 0.367. The summed E-state index contributed by atoms with van der Waals surface area (Å²) < 4.78 is 12.6. The first-order chi connectivity index (χ1) is 12.8. The Morgan fingerprint density at radius 2 is 1.58 bits per heavy atom. The molecule has 3 aromatic carbocycles. The van der Waals surface area contributed by atoms with Gasteiger partial charge in [-0.3, -0.25) is 0 Å². The molecule has 0 aromatic heterocycles. The number of methoxy groups -OCH3 is 1. The molecule has 0 heterocycles. The lowest BCUT2D eigenvalue weighted by atomic mass is 10.2. The van der Waals surface area contributed by atoms with Crippen LogP contribution in [-0.4, -0.2) is 7.11 Å². The summed E-state index contributed by atoms with van der Waals surface area (Å²) in [4.78, 5) is 0. The highest BCUT2D eigenvalue weighted by Crippen LogP contribution is 2.34. The molecule has 0 spiro atoms. The Hall–Kier alpha value is -2.25. The summed E-state index contributed by atoms with van der Waals surface area (Å²) in [5.41, 5.74) is 9.68. The number of hydrogen-bond acceptors (Lipinski definition) is 4. The molecule has 0 aliphatic rings. The minimum Gasteiger partial charge on any atom is -0.493 e. The van der Waals surface area contributed by atoms with Crippen molar-refractivity contribution in [1.82, 2.24) is 5.43 Å². The van der Waals surface area contributed by atoms with Gasteiger partial charge in [0, 0.05) is 12.2 Å². The van der Waals surface area contributed by atoms with Crippen molar-refractivity contribution in [3.05, 3.63) is 87.5 Å². The van der Waals surface area contributed by atoms with Crippen LogP contribution in [-0.2, 0) is 13.2 Å². The van der Waals surface area contributed by atoms with Gasteiger partial charge in [-0.25, -0.2) is 5.43 Å². The molecule has 0 saturated heterocycles. The molecule has 3 rings (SSSR count). The smallest absolute Gasteiger partial charge is 0.174 e. The zero-order valence-corrected chi connectivity index (χ0v) is 16.7. The van der Waals surface area contributed by atoms with Gasteiger partial charge in [-0.05, 0) is 58.0 Å².